The smallest absolute Gasteiger partial charge is 0.137 e. The molecule has 0 radical (unpaired) electrons. The fraction of sp³-hybridized carbons (Fsp3) is 0.125. The van der Waals surface area contributed by atoms with Crippen molar-refractivity contribution in [1.82, 2.24) is 0 Å². The summed E-state index contributed by atoms with van der Waals surface area (Å²) in [5.74, 6) is 0. The van der Waals surface area contributed by atoms with Crippen LogP contribution in [0.5, 0.6) is 0 Å². The van der Waals surface area contributed by atoms with Gasteiger partial charge in [-0.25, -0.2) is 0 Å². The summed E-state index contributed by atoms with van der Waals surface area (Å²) in [6.07, 6.45) is 0. The molecular weight excluding hydrogens is 623 g/mol. The van der Waals surface area contributed by atoms with E-state index in [1.54, 1.807) is 0 Å². The van der Waals surface area contributed by atoms with Gasteiger partial charge in [-0.05, 0) is 99.1 Å². The molecule has 0 saturated carbocycles. The van der Waals surface area contributed by atoms with E-state index in [1.807, 2.05) is 24.3 Å². The summed E-state index contributed by atoms with van der Waals surface area (Å²) in [5, 5.41) is 4.39. The summed E-state index contributed by atoms with van der Waals surface area (Å²) in [4.78, 5) is 2.41. The second kappa shape index (κ2) is 9.80. The van der Waals surface area contributed by atoms with Gasteiger partial charge >= 0.3 is 0 Å². The molecule has 244 valence electrons. The summed E-state index contributed by atoms with van der Waals surface area (Å²) < 4.78 is 12.9. The van der Waals surface area contributed by atoms with E-state index in [0.29, 0.717) is 0 Å². The lowest BCUT2D eigenvalue weighted by Crippen LogP contribution is -2.18. The van der Waals surface area contributed by atoms with Crippen LogP contribution >= 0.6 is 0 Å². The number of hydrogen-bond acceptors (Lipinski definition) is 3. The Kier molecular flexibility index (Phi) is 5.52. The highest BCUT2D eigenvalue weighted by atomic mass is 16.3. The molecule has 0 aliphatic heterocycles. The third-order valence-electron chi connectivity index (χ3n) is 11.9. The van der Waals surface area contributed by atoms with Crippen LogP contribution in [0, 0.1) is 0 Å². The normalized spacial score (nSPS) is 15.0. The van der Waals surface area contributed by atoms with E-state index in [-0.39, 0.29) is 10.8 Å². The molecule has 0 spiro atoms. The highest BCUT2D eigenvalue weighted by molar-refractivity contribution is 6.25. The Bertz CT molecular complexity index is 2830. The maximum absolute atomic E-state index is 6.67. The fourth-order valence-electron chi connectivity index (χ4n) is 9.32. The lowest BCUT2D eigenvalue weighted by atomic mass is 9.82. The number of anilines is 3. The molecule has 3 heteroatoms. The van der Waals surface area contributed by atoms with Crippen molar-refractivity contribution >= 4 is 60.9 Å². The predicted octanol–water partition coefficient (Wildman–Crippen LogP) is 13.6. The summed E-state index contributed by atoms with van der Waals surface area (Å²) >= 11 is 0. The minimum absolute atomic E-state index is 0.114. The van der Waals surface area contributed by atoms with Gasteiger partial charge in [0.2, 0.25) is 0 Å². The zero-order valence-corrected chi connectivity index (χ0v) is 29.0. The average molecular weight is 658 g/mol. The standard InChI is InChI=1S/C48H35NO2/c1-47(2)37-14-8-5-11-31(37)33-20-17-28(25-39(33)47)49(29-18-21-34-32-12-6-9-15-38(32)48(3,4)40(34)26-29)30-19-22-36-44(27-30)51-43-24-23-42-45(46(36)43)35-13-7-10-16-41(35)50-42/h5-27H,1-4H3. The van der Waals surface area contributed by atoms with Gasteiger partial charge in [-0.15, -0.1) is 0 Å². The van der Waals surface area contributed by atoms with Gasteiger partial charge in [0.25, 0.3) is 0 Å². The van der Waals surface area contributed by atoms with Crippen molar-refractivity contribution in [2.45, 2.75) is 38.5 Å². The lowest BCUT2D eigenvalue weighted by molar-refractivity contribution is 0.660. The van der Waals surface area contributed by atoms with Crippen molar-refractivity contribution in [3.63, 3.8) is 0 Å². The van der Waals surface area contributed by atoms with Gasteiger partial charge in [0, 0.05) is 55.5 Å². The Morgan fingerprint density at radius 1 is 0.373 bits per heavy atom. The minimum atomic E-state index is -0.114. The average Bonchev–Trinajstić information content (AvgIpc) is 3.84. The Hall–Kier alpha value is -6.06. The van der Waals surface area contributed by atoms with Crippen LogP contribution in [0.2, 0.25) is 0 Å². The minimum Gasteiger partial charge on any atom is -0.456 e. The van der Waals surface area contributed by atoms with Gasteiger partial charge in [0.05, 0.1) is 0 Å². The van der Waals surface area contributed by atoms with Crippen LogP contribution in [0.15, 0.2) is 148 Å². The van der Waals surface area contributed by atoms with Crippen molar-refractivity contribution in [2.24, 2.45) is 0 Å². The summed E-state index contributed by atoms with van der Waals surface area (Å²) in [7, 11) is 0. The fourth-order valence-corrected chi connectivity index (χ4v) is 9.32. The number of rotatable bonds is 3. The van der Waals surface area contributed by atoms with Crippen LogP contribution in [0.1, 0.15) is 49.9 Å². The largest absolute Gasteiger partial charge is 0.456 e. The zero-order valence-electron chi connectivity index (χ0n) is 29.0. The molecule has 9 aromatic rings. The summed E-state index contributed by atoms with van der Waals surface area (Å²) in [5.41, 5.74) is 17.3. The maximum atomic E-state index is 6.67. The first-order valence-electron chi connectivity index (χ1n) is 17.8. The molecule has 0 amide bonds. The Balaban J connectivity index is 1.14. The second-order valence-electron chi connectivity index (χ2n) is 15.3. The van der Waals surface area contributed by atoms with Crippen LogP contribution in [0.3, 0.4) is 0 Å². The van der Waals surface area contributed by atoms with E-state index in [4.69, 9.17) is 8.83 Å². The van der Waals surface area contributed by atoms with Gasteiger partial charge in [0.1, 0.15) is 22.3 Å². The van der Waals surface area contributed by atoms with E-state index in [2.05, 4.69) is 148 Å². The van der Waals surface area contributed by atoms with Crippen LogP contribution in [0.4, 0.5) is 17.1 Å². The number of furan rings is 2. The van der Waals surface area contributed by atoms with Crippen molar-refractivity contribution in [3.8, 4) is 22.3 Å². The highest BCUT2D eigenvalue weighted by Gasteiger charge is 2.37. The van der Waals surface area contributed by atoms with Crippen molar-refractivity contribution in [2.75, 3.05) is 4.90 Å². The Morgan fingerprint density at radius 2 is 0.824 bits per heavy atom. The first-order valence-corrected chi connectivity index (χ1v) is 17.8. The molecule has 2 aliphatic carbocycles. The SMILES string of the molecule is CC1(C)c2ccccc2-c2ccc(N(c3ccc4c(c3)C(C)(C)c3ccccc3-4)c3ccc4c(c3)oc3ccc5oc6ccccc6c5c34)cc21. The first-order chi connectivity index (χ1) is 24.8. The number of para-hydroxylation sites is 1. The van der Waals surface area contributed by atoms with Gasteiger partial charge in [-0.2, -0.15) is 0 Å². The van der Waals surface area contributed by atoms with Crippen LogP contribution < -0.4 is 4.90 Å². The van der Waals surface area contributed by atoms with Gasteiger partial charge in [-0.3, -0.25) is 0 Å². The molecule has 51 heavy (non-hydrogen) atoms. The maximum Gasteiger partial charge on any atom is 0.137 e. The zero-order chi connectivity index (χ0) is 34.2. The second-order valence-corrected chi connectivity index (χ2v) is 15.3. The summed E-state index contributed by atoms with van der Waals surface area (Å²) in [6.45, 7) is 9.40. The Morgan fingerprint density at radius 3 is 1.43 bits per heavy atom. The molecular formula is C48H35NO2. The van der Waals surface area contributed by atoms with E-state index < -0.39 is 0 Å². The molecule has 2 aromatic heterocycles. The van der Waals surface area contributed by atoms with Crippen LogP contribution in [0.25, 0.3) is 66.1 Å². The third-order valence-corrected chi connectivity index (χ3v) is 11.9. The molecule has 7 aromatic carbocycles. The molecule has 3 nitrogen and oxygen atoms in total. The topological polar surface area (TPSA) is 29.5 Å². The molecule has 2 heterocycles. The van der Waals surface area contributed by atoms with Gasteiger partial charge in [0.15, 0.2) is 0 Å². The molecule has 2 aliphatic rings. The summed E-state index contributed by atoms with van der Waals surface area (Å²) in [6, 6.07) is 50.7. The third kappa shape index (κ3) is 3.78. The van der Waals surface area contributed by atoms with Crippen molar-refractivity contribution in [3.05, 3.63) is 162 Å². The van der Waals surface area contributed by atoms with Crippen molar-refractivity contribution in [1.29, 1.82) is 0 Å². The lowest BCUT2D eigenvalue weighted by Gasteiger charge is -2.29. The predicted molar refractivity (Wildman–Crippen MR) is 211 cm³/mol. The first kappa shape index (κ1) is 28.7. The molecule has 0 fully saturated rings. The van der Waals surface area contributed by atoms with Crippen LogP contribution in [-0.2, 0) is 10.8 Å². The highest BCUT2D eigenvalue weighted by Crippen LogP contribution is 2.53. The van der Waals surface area contributed by atoms with Gasteiger partial charge in [-0.1, -0.05) is 107 Å². The number of nitrogens with zero attached hydrogens (tertiary/aromatic N) is 1. The van der Waals surface area contributed by atoms with E-state index in [1.165, 1.54) is 44.5 Å². The molecule has 0 atom stereocenters. The molecule has 0 unspecified atom stereocenters. The molecule has 0 N–H and O–H groups in total. The monoisotopic (exact) mass is 657 g/mol. The molecule has 11 rings (SSSR count). The quantitative estimate of drug-likeness (QED) is 0.189. The van der Waals surface area contributed by atoms with Crippen molar-refractivity contribution < 1.29 is 8.83 Å². The van der Waals surface area contributed by atoms with Gasteiger partial charge < -0.3 is 13.7 Å². The Labute approximate surface area is 296 Å². The van der Waals surface area contributed by atoms with E-state index in [0.717, 1.165) is 60.9 Å². The van der Waals surface area contributed by atoms with E-state index >= 15 is 0 Å². The number of fused-ring (bicyclic) bond motifs is 13. The molecule has 0 saturated heterocycles. The van der Waals surface area contributed by atoms with E-state index in [9.17, 15) is 0 Å². The number of hydrogen-bond donors (Lipinski definition) is 0. The van der Waals surface area contributed by atoms with Crippen LogP contribution in [-0.4, -0.2) is 0 Å². The molecule has 0 bridgehead atoms. The number of benzene rings is 7.